The van der Waals surface area contributed by atoms with E-state index < -0.39 is 0 Å². The Hall–Kier alpha value is -1.35. The third kappa shape index (κ3) is 4.57. The van der Waals surface area contributed by atoms with Crippen LogP contribution in [-0.4, -0.2) is 25.7 Å². The van der Waals surface area contributed by atoms with Gasteiger partial charge in [0, 0.05) is 12.6 Å². The van der Waals surface area contributed by atoms with Crippen LogP contribution < -0.4 is 5.32 Å². The topological polar surface area (TPSA) is 38.3 Å². The van der Waals surface area contributed by atoms with Gasteiger partial charge in [-0.25, -0.2) is 0 Å². The van der Waals surface area contributed by atoms with Gasteiger partial charge < -0.3 is 10.1 Å². The van der Waals surface area contributed by atoms with Gasteiger partial charge in [-0.2, -0.15) is 0 Å². The molecule has 0 aromatic heterocycles. The summed E-state index contributed by atoms with van der Waals surface area (Å²) in [4.78, 5) is 12.1. The fourth-order valence-electron chi connectivity index (χ4n) is 3.56. The molecule has 1 aromatic carbocycles. The van der Waals surface area contributed by atoms with Gasteiger partial charge in [-0.1, -0.05) is 44.2 Å². The highest BCUT2D eigenvalue weighted by molar-refractivity contribution is 5.78. The minimum absolute atomic E-state index is 0.161. The third-order valence-corrected chi connectivity index (χ3v) is 4.48. The Morgan fingerprint density at radius 1 is 1.19 bits per heavy atom. The van der Waals surface area contributed by atoms with Crippen molar-refractivity contribution >= 4 is 5.97 Å². The molecule has 0 aliphatic heterocycles. The van der Waals surface area contributed by atoms with Crippen LogP contribution in [0.25, 0.3) is 0 Å². The molecule has 3 unspecified atom stereocenters. The van der Waals surface area contributed by atoms with Gasteiger partial charge in [0.2, 0.25) is 0 Å². The summed E-state index contributed by atoms with van der Waals surface area (Å²) in [6, 6.07) is 10.4. The van der Waals surface area contributed by atoms with Crippen molar-refractivity contribution in [3.63, 3.8) is 0 Å². The number of esters is 1. The van der Waals surface area contributed by atoms with Gasteiger partial charge in [0.1, 0.15) is 0 Å². The van der Waals surface area contributed by atoms with Gasteiger partial charge in [-0.15, -0.1) is 0 Å². The van der Waals surface area contributed by atoms with E-state index in [-0.39, 0.29) is 11.9 Å². The average molecular weight is 289 g/mol. The molecular weight excluding hydrogens is 262 g/mol. The minimum Gasteiger partial charge on any atom is -0.469 e. The molecule has 0 heterocycles. The molecule has 1 fully saturated rings. The SMILES string of the molecule is COC(=O)C(CNC1CC(C)CC(C)C1)c1ccccc1. The van der Waals surface area contributed by atoms with Crippen LogP contribution in [0.2, 0.25) is 0 Å². The van der Waals surface area contributed by atoms with Crippen molar-refractivity contribution < 1.29 is 9.53 Å². The second kappa shape index (κ2) is 7.60. The molecule has 0 radical (unpaired) electrons. The number of carbonyl (C=O) groups is 1. The molecule has 21 heavy (non-hydrogen) atoms. The molecule has 1 saturated carbocycles. The molecule has 1 aromatic rings. The van der Waals surface area contributed by atoms with Crippen molar-refractivity contribution in [2.45, 2.75) is 45.1 Å². The van der Waals surface area contributed by atoms with Gasteiger partial charge in [0.05, 0.1) is 13.0 Å². The Morgan fingerprint density at radius 2 is 1.81 bits per heavy atom. The highest BCUT2D eigenvalue weighted by Crippen LogP contribution is 2.29. The van der Waals surface area contributed by atoms with Crippen molar-refractivity contribution in [3.8, 4) is 0 Å². The summed E-state index contributed by atoms with van der Waals surface area (Å²) < 4.78 is 4.97. The number of carbonyl (C=O) groups excluding carboxylic acids is 1. The third-order valence-electron chi connectivity index (χ3n) is 4.48. The van der Waals surface area contributed by atoms with Crippen LogP contribution in [0.5, 0.6) is 0 Å². The van der Waals surface area contributed by atoms with Crippen molar-refractivity contribution in [2.75, 3.05) is 13.7 Å². The molecule has 2 rings (SSSR count). The highest BCUT2D eigenvalue weighted by atomic mass is 16.5. The number of benzene rings is 1. The summed E-state index contributed by atoms with van der Waals surface area (Å²) in [5.74, 6) is 1.15. The van der Waals surface area contributed by atoms with Gasteiger partial charge in [-0.05, 0) is 36.7 Å². The normalized spacial score (nSPS) is 27.1. The summed E-state index contributed by atoms with van der Waals surface area (Å²) in [5.41, 5.74) is 1.02. The lowest BCUT2D eigenvalue weighted by atomic mass is 9.80. The molecule has 1 aliphatic rings. The molecule has 0 spiro atoms. The fourth-order valence-corrected chi connectivity index (χ4v) is 3.56. The van der Waals surface area contributed by atoms with Crippen LogP contribution in [0.1, 0.15) is 44.6 Å². The van der Waals surface area contributed by atoms with E-state index >= 15 is 0 Å². The van der Waals surface area contributed by atoms with Gasteiger partial charge in [0.15, 0.2) is 0 Å². The van der Waals surface area contributed by atoms with Crippen molar-refractivity contribution in [1.29, 1.82) is 0 Å². The first-order valence-corrected chi connectivity index (χ1v) is 7.96. The number of nitrogens with one attached hydrogen (secondary N) is 1. The monoisotopic (exact) mass is 289 g/mol. The second-order valence-electron chi connectivity index (χ2n) is 6.51. The standard InChI is InChI=1S/C18H27NO2/c1-13-9-14(2)11-16(10-13)19-12-17(18(20)21-3)15-7-5-4-6-8-15/h4-8,13-14,16-17,19H,9-12H2,1-3H3. The molecule has 3 heteroatoms. The lowest BCUT2D eigenvalue weighted by molar-refractivity contribution is -0.142. The van der Waals surface area contributed by atoms with Crippen LogP contribution >= 0.6 is 0 Å². The average Bonchev–Trinajstić information content (AvgIpc) is 2.47. The maximum absolute atomic E-state index is 12.1. The van der Waals surface area contributed by atoms with Crippen molar-refractivity contribution in [2.24, 2.45) is 11.8 Å². The first-order chi connectivity index (χ1) is 10.1. The van der Waals surface area contributed by atoms with E-state index in [1.165, 1.54) is 26.4 Å². The van der Waals surface area contributed by atoms with E-state index in [0.717, 1.165) is 17.4 Å². The Morgan fingerprint density at radius 3 is 2.38 bits per heavy atom. The van der Waals surface area contributed by atoms with E-state index in [9.17, 15) is 4.79 Å². The molecule has 1 N–H and O–H groups in total. The second-order valence-corrected chi connectivity index (χ2v) is 6.51. The van der Waals surface area contributed by atoms with E-state index in [1.807, 2.05) is 30.3 Å². The van der Waals surface area contributed by atoms with Gasteiger partial charge >= 0.3 is 5.97 Å². The predicted molar refractivity (Wildman–Crippen MR) is 85.2 cm³/mol. The van der Waals surface area contributed by atoms with Gasteiger partial charge in [0.25, 0.3) is 0 Å². The Kier molecular flexibility index (Phi) is 5.80. The first-order valence-electron chi connectivity index (χ1n) is 7.96. The zero-order chi connectivity index (χ0) is 15.2. The fraction of sp³-hybridized carbons (Fsp3) is 0.611. The maximum Gasteiger partial charge on any atom is 0.314 e. The number of ether oxygens (including phenoxy) is 1. The Labute approximate surface area is 128 Å². The van der Waals surface area contributed by atoms with Crippen LogP contribution in [0.3, 0.4) is 0 Å². The first kappa shape index (κ1) is 16.0. The van der Waals surface area contributed by atoms with Crippen molar-refractivity contribution in [1.82, 2.24) is 5.32 Å². The number of hydrogen-bond acceptors (Lipinski definition) is 3. The smallest absolute Gasteiger partial charge is 0.314 e. The summed E-state index contributed by atoms with van der Waals surface area (Å²) in [5, 5.41) is 3.60. The molecule has 3 atom stereocenters. The number of hydrogen-bond donors (Lipinski definition) is 1. The maximum atomic E-state index is 12.1. The highest BCUT2D eigenvalue weighted by Gasteiger charge is 2.26. The van der Waals surface area contributed by atoms with Crippen molar-refractivity contribution in [3.05, 3.63) is 35.9 Å². The molecule has 0 bridgehead atoms. The van der Waals surface area contributed by atoms with E-state index in [4.69, 9.17) is 4.74 Å². The minimum atomic E-state index is -0.219. The van der Waals surface area contributed by atoms with E-state index in [1.54, 1.807) is 0 Å². The van der Waals surface area contributed by atoms with Crippen LogP contribution in [0, 0.1) is 11.8 Å². The molecule has 1 aliphatic carbocycles. The molecular formula is C18H27NO2. The van der Waals surface area contributed by atoms with E-state index in [2.05, 4.69) is 19.2 Å². The summed E-state index contributed by atoms with van der Waals surface area (Å²) in [6.07, 6.45) is 3.72. The summed E-state index contributed by atoms with van der Waals surface area (Å²) in [7, 11) is 1.46. The molecule has 3 nitrogen and oxygen atoms in total. The van der Waals surface area contributed by atoms with Crippen LogP contribution in [-0.2, 0) is 9.53 Å². The van der Waals surface area contributed by atoms with Crippen LogP contribution in [0.15, 0.2) is 30.3 Å². The van der Waals surface area contributed by atoms with Crippen LogP contribution in [0.4, 0.5) is 0 Å². The Bertz CT molecular complexity index is 436. The molecule has 116 valence electrons. The zero-order valence-corrected chi connectivity index (χ0v) is 13.3. The predicted octanol–water partition coefficient (Wildman–Crippen LogP) is 3.36. The summed E-state index contributed by atoms with van der Waals surface area (Å²) >= 11 is 0. The molecule has 0 saturated heterocycles. The largest absolute Gasteiger partial charge is 0.469 e. The lowest BCUT2D eigenvalue weighted by Crippen LogP contribution is -2.40. The van der Waals surface area contributed by atoms with Gasteiger partial charge in [-0.3, -0.25) is 4.79 Å². The number of rotatable bonds is 5. The molecule has 0 amide bonds. The number of methoxy groups -OCH3 is 1. The summed E-state index contributed by atoms with van der Waals surface area (Å²) in [6.45, 7) is 5.29. The quantitative estimate of drug-likeness (QED) is 0.845. The lowest BCUT2D eigenvalue weighted by Gasteiger charge is -2.33. The zero-order valence-electron chi connectivity index (χ0n) is 13.3. The van der Waals surface area contributed by atoms with E-state index in [0.29, 0.717) is 12.6 Å². The Balaban J connectivity index is 1.98.